The highest BCUT2D eigenvalue weighted by molar-refractivity contribution is 7.98. The molecule has 3 aromatic rings. The number of carbonyl (C=O) groups excluding carboxylic acids is 1. The lowest BCUT2D eigenvalue weighted by Gasteiger charge is -2.32. The number of pyridine rings is 1. The number of rotatable bonds is 6. The first-order valence-electron chi connectivity index (χ1n) is 10.1. The molecule has 1 amide bonds. The lowest BCUT2D eigenvalue weighted by Crippen LogP contribution is -2.38. The van der Waals surface area contributed by atoms with Gasteiger partial charge in [-0.3, -0.25) is 9.78 Å². The maximum atomic E-state index is 12.7. The Balaban J connectivity index is 1.42. The van der Waals surface area contributed by atoms with Gasteiger partial charge < -0.3 is 4.90 Å². The van der Waals surface area contributed by atoms with Gasteiger partial charge >= 0.3 is 0 Å². The number of hydrogen-bond donors (Lipinski definition) is 0. The van der Waals surface area contributed by atoms with Crippen LogP contribution in [0.3, 0.4) is 0 Å². The Morgan fingerprint density at radius 3 is 3.03 bits per heavy atom. The zero-order chi connectivity index (χ0) is 20.8. The third kappa shape index (κ3) is 5.34. The monoisotopic (exact) mass is 436 g/mol. The number of likely N-dealkylation sites (tertiary alicyclic amines) is 1. The second kappa shape index (κ2) is 10.00. The Morgan fingerprint density at radius 2 is 2.23 bits per heavy atom. The highest BCUT2D eigenvalue weighted by Crippen LogP contribution is 2.29. The summed E-state index contributed by atoms with van der Waals surface area (Å²) in [6, 6.07) is 9.93. The number of carbonyl (C=O) groups is 1. The summed E-state index contributed by atoms with van der Waals surface area (Å²) in [5.74, 6) is 1.06. The molecule has 7 heteroatoms. The predicted molar refractivity (Wildman–Crippen MR) is 122 cm³/mol. The Morgan fingerprint density at radius 1 is 1.30 bits per heavy atom. The van der Waals surface area contributed by atoms with Crippen LogP contribution >= 0.6 is 23.1 Å². The lowest BCUT2D eigenvalue weighted by molar-refractivity contribution is -0.127. The number of aromatic nitrogens is 3. The van der Waals surface area contributed by atoms with Crippen LogP contribution in [0.2, 0.25) is 0 Å². The zero-order valence-electron chi connectivity index (χ0n) is 16.9. The van der Waals surface area contributed by atoms with Crippen LogP contribution in [0.5, 0.6) is 0 Å². The largest absolute Gasteiger partial charge is 0.338 e. The molecule has 1 aliphatic heterocycles. The Hall–Kier alpha value is -2.51. The molecule has 0 aromatic carbocycles. The van der Waals surface area contributed by atoms with E-state index in [1.165, 1.54) is 0 Å². The van der Waals surface area contributed by atoms with Crippen molar-refractivity contribution in [2.75, 3.05) is 13.1 Å². The average molecular weight is 437 g/mol. The number of thiophene rings is 1. The molecule has 0 spiro atoms. The van der Waals surface area contributed by atoms with Gasteiger partial charge in [-0.1, -0.05) is 23.9 Å². The van der Waals surface area contributed by atoms with E-state index in [1.807, 2.05) is 52.9 Å². The first-order chi connectivity index (χ1) is 14.7. The minimum absolute atomic E-state index is 0.0737. The van der Waals surface area contributed by atoms with Crippen LogP contribution in [0, 0.1) is 6.92 Å². The molecule has 3 aromatic heterocycles. The first-order valence-corrected chi connectivity index (χ1v) is 11.9. The summed E-state index contributed by atoms with van der Waals surface area (Å²) >= 11 is 3.23. The molecule has 5 nitrogen and oxygen atoms in total. The van der Waals surface area contributed by atoms with E-state index in [0.717, 1.165) is 52.1 Å². The summed E-state index contributed by atoms with van der Waals surface area (Å²) in [5, 5.41) is 2.78. The predicted octanol–water partition coefficient (Wildman–Crippen LogP) is 4.95. The van der Waals surface area contributed by atoms with Crippen molar-refractivity contribution >= 4 is 35.1 Å². The summed E-state index contributed by atoms with van der Waals surface area (Å²) in [4.78, 5) is 29.4. The molecule has 0 radical (unpaired) electrons. The number of amides is 1. The third-order valence-corrected chi connectivity index (χ3v) is 6.85. The molecule has 1 saturated heterocycles. The number of piperidine rings is 1. The summed E-state index contributed by atoms with van der Waals surface area (Å²) in [5.41, 5.74) is 3.17. The number of hydrogen-bond acceptors (Lipinski definition) is 6. The van der Waals surface area contributed by atoms with Gasteiger partial charge in [0.2, 0.25) is 5.91 Å². The minimum atomic E-state index is 0.0737. The molecule has 1 unspecified atom stereocenters. The molecular formula is C23H24N4OS2. The average Bonchev–Trinajstić information content (AvgIpc) is 3.31. The summed E-state index contributed by atoms with van der Waals surface area (Å²) in [7, 11) is 0. The van der Waals surface area contributed by atoms with Crippen molar-refractivity contribution in [3.8, 4) is 0 Å². The van der Waals surface area contributed by atoms with Crippen LogP contribution in [0.1, 0.15) is 40.6 Å². The van der Waals surface area contributed by atoms with Crippen molar-refractivity contribution in [2.45, 2.75) is 36.6 Å². The SMILES string of the molecule is Cc1cnc(SCc2ccccn2)nc1C1CCCN(C(=O)C=Cc2cccs2)C1. The topological polar surface area (TPSA) is 59.0 Å². The van der Waals surface area contributed by atoms with E-state index in [4.69, 9.17) is 4.98 Å². The van der Waals surface area contributed by atoms with Gasteiger partial charge in [-0.15, -0.1) is 11.3 Å². The first kappa shape index (κ1) is 20.8. The molecule has 4 rings (SSSR count). The molecule has 1 fully saturated rings. The van der Waals surface area contributed by atoms with E-state index < -0.39 is 0 Å². The van der Waals surface area contributed by atoms with Crippen LogP contribution in [-0.4, -0.2) is 38.8 Å². The summed E-state index contributed by atoms with van der Waals surface area (Å²) in [6.45, 7) is 3.56. The van der Waals surface area contributed by atoms with E-state index in [0.29, 0.717) is 6.54 Å². The Kier molecular flexibility index (Phi) is 6.92. The number of thioether (sulfide) groups is 1. The van der Waals surface area contributed by atoms with Gasteiger partial charge in [0.25, 0.3) is 0 Å². The maximum Gasteiger partial charge on any atom is 0.246 e. The van der Waals surface area contributed by atoms with Gasteiger partial charge in [-0.05, 0) is 55.0 Å². The smallest absolute Gasteiger partial charge is 0.246 e. The van der Waals surface area contributed by atoms with Gasteiger partial charge in [0.15, 0.2) is 5.16 Å². The van der Waals surface area contributed by atoms with Crippen molar-refractivity contribution in [2.24, 2.45) is 0 Å². The van der Waals surface area contributed by atoms with E-state index in [9.17, 15) is 4.79 Å². The minimum Gasteiger partial charge on any atom is -0.338 e. The highest BCUT2D eigenvalue weighted by atomic mass is 32.2. The fraction of sp³-hybridized carbons (Fsp3) is 0.304. The van der Waals surface area contributed by atoms with Crippen molar-refractivity contribution in [3.63, 3.8) is 0 Å². The molecule has 154 valence electrons. The van der Waals surface area contributed by atoms with Crippen LogP contribution < -0.4 is 0 Å². The molecule has 0 bridgehead atoms. The van der Waals surface area contributed by atoms with Crippen molar-refractivity contribution in [1.29, 1.82) is 0 Å². The van der Waals surface area contributed by atoms with Gasteiger partial charge in [-0.25, -0.2) is 9.97 Å². The van der Waals surface area contributed by atoms with E-state index in [2.05, 4.69) is 16.9 Å². The third-order valence-electron chi connectivity index (χ3n) is 5.12. The highest BCUT2D eigenvalue weighted by Gasteiger charge is 2.26. The lowest BCUT2D eigenvalue weighted by atomic mass is 9.92. The van der Waals surface area contributed by atoms with E-state index in [-0.39, 0.29) is 11.8 Å². The van der Waals surface area contributed by atoms with Crippen LogP contribution in [-0.2, 0) is 10.5 Å². The molecule has 1 aliphatic rings. The number of aryl methyl sites for hydroxylation is 1. The second-order valence-corrected chi connectivity index (χ2v) is 9.22. The van der Waals surface area contributed by atoms with Crippen molar-refractivity contribution < 1.29 is 4.79 Å². The maximum absolute atomic E-state index is 12.7. The van der Waals surface area contributed by atoms with Gasteiger partial charge in [0.1, 0.15) is 0 Å². The molecule has 1 atom stereocenters. The fourth-order valence-corrected chi connectivity index (χ4v) is 4.94. The van der Waals surface area contributed by atoms with Crippen LogP contribution in [0.15, 0.2) is 59.3 Å². The molecule has 4 heterocycles. The van der Waals surface area contributed by atoms with Gasteiger partial charge in [0, 0.05) is 48.1 Å². The summed E-state index contributed by atoms with van der Waals surface area (Å²) < 4.78 is 0. The van der Waals surface area contributed by atoms with Crippen molar-refractivity contribution in [3.05, 3.63) is 76.0 Å². The van der Waals surface area contributed by atoms with Crippen molar-refractivity contribution in [1.82, 2.24) is 19.9 Å². The number of nitrogens with zero attached hydrogens (tertiary/aromatic N) is 4. The van der Waals surface area contributed by atoms with Crippen LogP contribution in [0.25, 0.3) is 6.08 Å². The molecule has 0 saturated carbocycles. The van der Waals surface area contributed by atoms with Gasteiger partial charge in [0.05, 0.1) is 11.4 Å². The summed E-state index contributed by atoms with van der Waals surface area (Å²) in [6.07, 6.45) is 9.33. The van der Waals surface area contributed by atoms with Gasteiger partial charge in [-0.2, -0.15) is 0 Å². The van der Waals surface area contributed by atoms with E-state index in [1.54, 1.807) is 35.4 Å². The Labute approximate surface area is 185 Å². The quantitative estimate of drug-likeness (QED) is 0.311. The van der Waals surface area contributed by atoms with Crippen LogP contribution in [0.4, 0.5) is 0 Å². The molecule has 0 N–H and O–H groups in total. The fourth-order valence-electron chi connectivity index (χ4n) is 3.59. The normalized spacial score (nSPS) is 16.8. The Bertz CT molecular complexity index is 1010. The zero-order valence-corrected chi connectivity index (χ0v) is 18.5. The molecular weight excluding hydrogens is 412 g/mol. The molecule has 30 heavy (non-hydrogen) atoms. The van der Waals surface area contributed by atoms with E-state index >= 15 is 0 Å². The molecule has 0 aliphatic carbocycles. The second-order valence-electron chi connectivity index (χ2n) is 7.30. The standard InChI is InChI=1S/C23H24N4OS2/c1-17-14-25-23(30-16-19-7-2-3-11-24-19)26-22(17)18-6-4-12-27(15-18)21(28)10-9-20-8-5-13-29-20/h2-3,5,7-11,13-14,18H,4,6,12,15-16H2,1H3.